The van der Waals surface area contributed by atoms with E-state index in [9.17, 15) is 0 Å². The van der Waals surface area contributed by atoms with Crippen LogP contribution in [0.5, 0.6) is 0 Å². The van der Waals surface area contributed by atoms with Crippen LogP contribution in [-0.4, -0.2) is 0 Å². The molecule has 0 atom stereocenters. The minimum absolute atomic E-state index is 0.905. The van der Waals surface area contributed by atoms with E-state index in [-0.39, 0.29) is 0 Å². The van der Waals surface area contributed by atoms with E-state index in [2.05, 4.69) is 59.9 Å². The van der Waals surface area contributed by atoms with Crippen LogP contribution in [0.1, 0.15) is 0 Å². The number of fused-ring (bicyclic) bond motifs is 5. The fourth-order valence-electron chi connectivity index (χ4n) is 3.37. The summed E-state index contributed by atoms with van der Waals surface area (Å²) in [5.41, 5.74) is 3.96. The lowest BCUT2D eigenvalue weighted by atomic mass is 10.0. The van der Waals surface area contributed by atoms with E-state index in [1.54, 1.807) is 0 Å². The topological polar surface area (TPSA) is 25.2 Å². The Morgan fingerprint density at radius 1 is 0.583 bits per heavy atom. The van der Waals surface area contributed by atoms with Gasteiger partial charge in [-0.15, -0.1) is 0 Å². The summed E-state index contributed by atoms with van der Waals surface area (Å²) < 4.78 is 6.10. The molecule has 0 saturated heterocycles. The summed E-state index contributed by atoms with van der Waals surface area (Å²) in [6, 6.07) is 29.0. The molecule has 1 aromatic heterocycles. The number of hydrogen-bond donors (Lipinski definition) is 1. The second-order valence-electron chi connectivity index (χ2n) is 5.93. The van der Waals surface area contributed by atoms with Crippen LogP contribution in [0.3, 0.4) is 0 Å². The zero-order chi connectivity index (χ0) is 15.9. The van der Waals surface area contributed by atoms with Crippen LogP contribution >= 0.6 is 0 Å². The SMILES string of the molecule is c1ccc(Nc2cccc3oc4ccc5ccccc5c4c23)cc1. The van der Waals surface area contributed by atoms with Gasteiger partial charge < -0.3 is 9.73 Å². The van der Waals surface area contributed by atoms with Crippen molar-refractivity contribution in [2.45, 2.75) is 0 Å². The van der Waals surface area contributed by atoms with Crippen molar-refractivity contribution < 1.29 is 4.42 Å². The van der Waals surface area contributed by atoms with Crippen molar-refractivity contribution in [3.8, 4) is 0 Å². The quantitative estimate of drug-likeness (QED) is 0.403. The summed E-state index contributed by atoms with van der Waals surface area (Å²) in [6.07, 6.45) is 0. The Labute approximate surface area is 139 Å². The van der Waals surface area contributed by atoms with E-state index in [1.165, 1.54) is 16.2 Å². The second kappa shape index (κ2) is 5.14. The zero-order valence-electron chi connectivity index (χ0n) is 13.0. The van der Waals surface area contributed by atoms with Crippen LogP contribution < -0.4 is 5.32 Å². The van der Waals surface area contributed by atoms with Crippen molar-refractivity contribution in [2.24, 2.45) is 0 Å². The van der Waals surface area contributed by atoms with Crippen LogP contribution in [-0.2, 0) is 0 Å². The number of furan rings is 1. The molecule has 4 aromatic carbocycles. The van der Waals surface area contributed by atoms with Gasteiger partial charge in [-0.3, -0.25) is 0 Å². The first-order chi connectivity index (χ1) is 11.9. The molecule has 2 nitrogen and oxygen atoms in total. The van der Waals surface area contributed by atoms with Crippen molar-refractivity contribution in [1.29, 1.82) is 0 Å². The highest BCUT2D eigenvalue weighted by molar-refractivity contribution is 6.22. The first-order valence-corrected chi connectivity index (χ1v) is 8.05. The average Bonchev–Trinajstić information content (AvgIpc) is 3.03. The van der Waals surface area contributed by atoms with Crippen molar-refractivity contribution >= 4 is 44.1 Å². The summed E-state index contributed by atoms with van der Waals surface area (Å²) >= 11 is 0. The van der Waals surface area contributed by atoms with Crippen LogP contribution in [0.2, 0.25) is 0 Å². The van der Waals surface area contributed by atoms with Gasteiger partial charge in [-0.2, -0.15) is 0 Å². The van der Waals surface area contributed by atoms with Gasteiger partial charge in [0.25, 0.3) is 0 Å². The largest absolute Gasteiger partial charge is 0.456 e. The van der Waals surface area contributed by atoms with Gasteiger partial charge in [0.2, 0.25) is 0 Å². The van der Waals surface area contributed by atoms with Gasteiger partial charge in [-0.05, 0) is 41.1 Å². The lowest BCUT2D eigenvalue weighted by Crippen LogP contribution is -1.90. The molecule has 0 fully saturated rings. The van der Waals surface area contributed by atoms with Gasteiger partial charge in [0.05, 0.1) is 11.1 Å². The van der Waals surface area contributed by atoms with Gasteiger partial charge in [-0.1, -0.05) is 54.6 Å². The summed E-state index contributed by atoms with van der Waals surface area (Å²) in [6.45, 7) is 0. The molecule has 0 amide bonds. The minimum Gasteiger partial charge on any atom is -0.456 e. The molecule has 0 bridgehead atoms. The Balaban J connectivity index is 1.86. The third kappa shape index (κ3) is 1.97. The van der Waals surface area contributed by atoms with Gasteiger partial charge in [0, 0.05) is 11.1 Å². The van der Waals surface area contributed by atoms with E-state index < -0.39 is 0 Å². The molecule has 114 valence electrons. The highest BCUT2D eigenvalue weighted by Gasteiger charge is 2.13. The fraction of sp³-hybridized carbons (Fsp3) is 0. The highest BCUT2D eigenvalue weighted by Crippen LogP contribution is 2.39. The van der Waals surface area contributed by atoms with Gasteiger partial charge in [0.1, 0.15) is 11.2 Å². The smallest absolute Gasteiger partial charge is 0.137 e. The summed E-state index contributed by atoms with van der Waals surface area (Å²) in [5.74, 6) is 0. The molecule has 0 aliphatic carbocycles. The second-order valence-corrected chi connectivity index (χ2v) is 5.93. The Hall–Kier alpha value is -3.26. The normalized spacial score (nSPS) is 11.3. The molecule has 0 spiro atoms. The average molecular weight is 309 g/mol. The predicted octanol–water partition coefficient (Wildman–Crippen LogP) is 6.48. The fourth-order valence-corrected chi connectivity index (χ4v) is 3.37. The Kier molecular flexibility index (Phi) is 2.83. The number of benzene rings is 4. The molecule has 1 heterocycles. The zero-order valence-corrected chi connectivity index (χ0v) is 13.0. The molecule has 1 N–H and O–H groups in total. The maximum atomic E-state index is 6.10. The van der Waals surface area contributed by atoms with Crippen LogP contribution in [0.4, 0.5) is 11.4 Å². The van der Waals surface area contributed by atoms with Crippen LogP contribution in [0.15, 0.2) is 89.3 Å². The van der Waals surface area contributed by atoms with E-state index >= 15 is 0 Å². The lowest BCUT2D eigenvalue weighted by molar-refractivity contribution is 0.669. The molecule has 2 heteroatoms. The molecule has 24 heavy (non-hydrogen) atoms. The molecule has 0 unspecified atom stereocenters. The van der Waals surface area contributed by atoms with Crippen molar-refractivity contribution in [1.82, 2.24) is 0 Å². The van der Waals surface area contributed by atoms with Crippen molar-refractivity contribution in [3.63, 3.8) is 0 Å². The maximum Gasteiger partial charge on any atom is 0.137 e. The number of nitrogens with one attached hydrogen (secondary N) is 1. The first-order valence-electron chi connectivity index (χ1n) is 8.05. The molecule has 0 radical (unpaired) electrons. The first kappa shape index (κ1) is 13.2. The number of rotatable bonds is 2. The van der Waals surface area contributed by atoms with E-state index in [0.717, 1.165) is 27.9 Å². The summed E-state index contributed by atoms with van der Waals surface area (Å²) in [7, 11) is 0. The molecule has 0 aliphatic heterocycles. The molecule has 0 saturated carbocycles. The molecule has 5 aromatic rings. The maximum absolute atomic E-state index is 6.10. The van der Waals surface area contributed by atoms with E-state index in [1.807, 2.05) is 30.3 Å². The standard InChI is InChI=1S/C22H15NO/c1-2-8-16(9-3-1)23-18-11-6-12-19-22(18)21-17-10-5-4-7-15(17)13-14-20(21)24-19/h1-14,23H. The van der Waals surface area contributed by atoms with Crippen LogP contribution in [0.25, 0.3) is 32.7 Å². The molecule has 5 rings (SSSR count). The summed E-state index contributed by atoms with van der Waals surface area (Å²) in [5, 5.41) is 8.27. The third-order valence-corrected chi connectivity index (χ3v) is 4.44. The monoisotopic (exact) mass is 309 g/mol. The minimum atomic E-state index is 0.905. The molecular weight excluding hydrogens is 294 g/mol. The Bertz CT molecular complexity index is 1170. The number of anilines is 2. The Morgan fingerprint density at radius 2 is 1.38 bits per heavy atom. The Morgan fingerprint density at radius 3 is 2.29 bits per heavy atom. The third-order valence-electron chi connectivity index (χ3n) is 4.44. The number of hydrogen-bond acceptors (Lipinski definition) is 2. The van der Waals surface area contributed by atoms with E-state index in [4.69, 9.17) is 4.42 Å². The molecule has 0 aliphatic rings. The van der Waals surface area contributed by atoms with Gasteiger partial charge in [-0.25, -0.2) is 0 Å². The highest BCUT2D eigenvalue weighted by atomic mass is 16.3. The predicted molar refractivity (Wildman–Crippen MR) is 101 cm³/mol. The van der Waals surface area contributed by atoms with Crippen molar-refractivity contribution in [3.05, 3.63) is 84.9 Å². The van der Waals surface area contributed by atoms with E-state index in [0.29, 0.717) is 0 Å². The van der Waals surface area contributed by atoms with Gasteiger partial charge >= 0.3 is 0 Å². The molecular formula is C22H15NO. The summed E-state index contributed by atoms with van der Waals surface area (Å²) in [4.78, 5) is 0. The lowest BCUT2D eigenvalue weighted by Gasteiger charge is -2.08. The number of para-hydroxylation sites is 1. The van der Waals surface area contributed by atoms with Crippen molar-refractivity contribution in [2.75, 3.05) is 5.32 Å². The van der Waals surface area contributed by atoms with Crippen LogP contribution in [0, 0.1) is 0 Å². The van der Waals surface area contributed by atoms with Gasteiger partial charge in [0.15, 0.2) is 0 Å².